The van der Waals surface area contributed by atoms with E-state index in [4.69, 9.17) is 0 Å². The smallest absolute Gasteiger partial charge is 0.0887 e. The van der Waals surface area contributed by atoms with E-state index >= 15 is 0 Å². The molecule has 0 bridgehead atoms. The molecule has 2 aliphatic rings. The summed E-state index contributed by atoms with van der Waals surface area (Å²) in [6.45, 7) is 1.14. The first kappa shape index (κ1) is 5.96. The van der Waals surface area contributed by atoms with Crippen LogP contribution in [0.25, 0.3) is 0 Å². The fourth-order valence-corrected chi connectivity index (χ4v) is 1.53. The second-order valence-electron chi connectivity index (χ2n) is 2.81. The van der Waals surface area contributed by atoms with Gasteiger partial charge in [-0.25, -0.2) is 0 Å². The van der Waals surface area contributed by atoms with E-state index in [0.29, 0.717) is 6.04 Å². The molecule has 0 saturated carbocycles. The standard InChI is InChI=1S/C8H12N2/c1-3-7-8(9-5-1)4-2-6-10-7/h3,5,8,10H,1-2,4,6H2. The highest BCUT2D eigenvalue weighted by Gasteiger charge is 2.17. The molecule has 2 heteroatoms. The van der Waals surface area contributed by atoms with Crippen LogP contribution in [-0.4, -0.2) is 18.8 Å². The van der Waals surface area contributed by atoms with Crippen LogP contribution in [0.3, 0.4) is 0 Å². The molecule has 10 heavy (non-hydrogen) atoms. The topological polar surface area (TPSA) is 24.4 Å². The average molecular weight is 136 g/mol. The maximum absolute atomic E-state index is 4.40. The van der Waals surface area contributed by atoms with E-state index < -0.39 is 0 Å². The number of nitrogens with zero attached hydrogens (tertiary/aromatic N) is 1. The molecule has 0 amide bonds. The monoisotopic (exact) mass is 136 g/mol. The van der Waals surface area contributed by atoms with Crippen molar-refractivity contribution in [3.05, 3.63) is 11.8 Å². The highest BCUT2D eigenvalue weighted by atomic mass is 15.0. The predicted octanol–water partition coefficient (Wildman–Crippen LogP) is 1.10. The normalized spacial score (nSPS) is 30.4. The zero-order valence-corrected chi connectivity index (χ0v) is 6.01. The van der Waals surface area contributed by atoms with Crippen molar-refractivity contribution in [2.24, 2.45) is 4.99 Å². The zero-order chi connectivity index (χ0) is 6.81. The van der Waals surface area contributed by atoms with Crippen LogP contribution in [0.2, 0.25) is 0 Å². The van der Waals surface area contributed by atoms with Crippen molar-refractivity contribution in [1.29, 1.82) is 0 Å². The van der Waals surface area contributed by atoms with Gasteiger partial charge in [-0.3, -0.25) is 4.99 Å². The van der Waals surface area contributed by atoms with Crippen LogP contribution in [0.1, 0.15) is 19.3 Å². The third-order valence-corrected chi connectivity index (χ3v) is 2.07. The summed E-state index contributed by atoms with van der Waals surface area (Å²) in [7, 11) is 0. The van der Waals surface area contributed by atoms with Crippen LogP contribution in [0.15, 0.2) is 16.8 Å². The van der Waals surface area contributed by atoms with Crippen molar-refractivity contribution in [3.63, 3.8) is 0 Å². The number of piperidine rings is 1. The summed E-state index contributed by atoms with van der Waals surface area (Å²) < 4.78 is 0. The minimum absolute atomic E-state index is 0.475. The molecule has 0 aliphatic carbocycles. The van der Waals surface area contributed by atoms with E-state index in [0.717, 1.165) is 13.0 Å². The molecule has 0 radical (unpaired) electrons. The fraction of sp³-hybridized carbons (Fsp3) is 0.625. The number of allylic oxidation sites excluding steroid dienone is 1. The number of rotatable bonds is 0. The third-order valence-electron chi connectivity index (χ3n) is 2.07. The highest BCUT2D eigenvalue weighted by molar-refractivity contribution is 5.62. The zero-order valence-electron chi connectivity index (χ0n) is 6.01. The molecular formula is C8H12N2. The Morgan fingerprint density at radius 3 is 3.50 bits per heavy atom. The van der Waals surface area contributed by atoms with Crippen LogP contribution >= 0.6 is 0 Å². The molecule has 1 N–H and O–H groups in total. The van der Waals surface area contributed by atoms with E-state index in [-0.39, 0.29) is 0 Å². The summed E-state index contributed by atoms with van der Waals surface area (Å²) in [4.78, 5) is 4.40. The lowest BCUT2D eigenvalue weighted by molar-refractivity contribution is 0.522. The molecule has 2 heterocycles. The van der Waals surface area contributed by atoms with Crippen LogP contribution < -0.4 is 5.32 Å². The van der Waals surface area contributed by atoms with E-state index in [1.807, 2.05) is 6.21 Å². The molecule has 1 fully saturated rings. The molecule has 0 aromatic carbocycles. The summed E-state index contributed by atoms with van der Waals surface area (Å²) in [6.07, 6.45) is 7.77. The first-order valence-corrected chi connectivity index (χ1v) is 3.92. The van der Waals surface area contributed by atoms with Crippen molar-refractivity contribution in [1.82, 2.24) is 5.32 Å². The molecule has 1 unspecified atom stereocenters. The Labute approximate surface area is 61.0 Å². The van der Waals surface area contributed by atoms with Gasteiger partial charge in [-0.2, -0.15) is 0 Å². The number of hydrogen-bond donors (Lipinski definition) is 1. The van der Waals surface area contributed by atoms with Gasteiger partial charge in [0.15, 0.2) is 0 Å². The predicted molar refractivity (Wildman–Crippen MR) is 42.2 cm³/mol. The lowest BCUT2D eigenvalue weighted by Crippen LogP contribution is -2.31. The minimum Gasteiger partial charge on any atom is -0.387 e. The molecule has 54 valence electrons. The minimum atomic E-state index is 0.475. The second-order valence-corrected chi connectivity index (χ2v) is 2.81. The molecule has 2 nitrogen and oxygen atoms in total. The van der Waals surface area contributed by atoms with Crippen LogP contribution in [-0.2, 0) is 0 Å². The van der Waals surface area contributed by atoms with Gasteiger partial charge >= 0.3 is 0 Å². The molecule has 1 atom stereocenters. The van der Waals surface area contributed by atoms with Gasteiger partial charge in [0.2, 0.25) is 0 Å². The maximum Gasteiger partial charge on any atom is 0.0887 e. The fourth-order valence-electron chi connectivity index (χ4n) is 1.53. The van der Waals surface area contributed by atoms with Gasteiger partial charge in [-0.05, 0) is 12.8 Å². The van der Waals surface area contributed by atoms with Gasteiger partial charge in [-0.1, -0.05) is 6.08 Å². The average Bonchev–Trinajstić information content (AvgIpc) is 2.05. The van der Waals surface area contributed by atoms with Gasteiger partial charge in [0.05, 0.1) is 6.04 Å². The number of aliphatic imine (C=N–C) groups is 1. The number of fused-ring (bicyclic) bond motifs is 1. The van der Waals surface area contributed by atoms with Crippen molar-refractivity contribution in [3.8, 4) is 0 Å². The van der Waals surface area contributed by atoms with Gasteiger partial charge < -0.3 is 5.32 Å². The Balaban J connectivity index is 2.13. The molecule has 0 aromatic heterocycles. The largest absolute Gasteiger partial charge is 0.387 e. The number of dihydropyridines is 1. The quantitative estimate of drug-likeness (QED) is 0.529. The first-order valence-electron chi connectivity index (χ1n) is 3.92. The molecular weight excluding hydrogens is 124 g/mol. The van der Waals surface area contributed by atoms with E-state index in [2.05, 4.69) is 16.4 Å². The van der Waals surface area contributed by atoms with Crippen molar-refractivity contribution >= 4 is 6.21 Å². The van der Waals surface area contributed by atoms with Crippen LogP contribution in [0.4, 0.5) is 0 Å². The summed E-state index contributed by atoms with van der Waals surface area (Å²) in [6, 6.07) is 0.475. The van der Waals surface area contributed by atoms with E-state index in [1.54, 1.807) is 0 Å². The van der Waals surface area contributed by atoms with Crippen molar-refractivity contribution in [2.75, 3.05) is 6.54 Å². The number of hydrogen-bond acceptors (Lipinski definition) is 2. The van der Waals surface area contributed by atoms with Gasteiger partial charge in [0, 0.05) is 24.9 Å². The van der Waals surface area contributed by atoms with Gasteiger partial charge in [0.25, 0.3) is 0 Å². The van der Waals surface area contributed by atoms with Crippen LogP contribution in [0, 0.1) is 0 Å². The summed E-state index contributed by atoms with van der Waals surface area (Å²) in [5.74, 6) is 0. The summed E-state index contributed by atoms with van der Waals surface area (Å²) >= 11 is 0. The summed E-state index contributed by atoms with van der Waals surface area (Å²) in [5, 5.41) is 3.37. The van der Waals surface area contributed by atoms with Gasteiger partial charge in [-0.15, -0.1) is 0 Å². The molecule has 1 saturated heterocycles. The Morgan fingerprint density at radius 2 is 2.60 bits per heavy atom. The SMILES string of the molecule is C1=NC2CCCNC2=CC1. The Bertz CT molecular complexity index is 182. The molecule has 0 spiro atoms. The maximum atomic E-state index is 4.40. The summed E-state index contributed by atoms with van der Waals surface area (Å²) in [5.41, 5.74) is 1.36. The van der Waals surface area contributed by atoms with Gasteiger partial charge in [0.1, 0.15) is 0 Å². The third kappa shape index (κ3) is 0.939. The van der Waals surface area contributed by atoms with E-state index in [1.165, 1.54) is 18.5 Å². The van der Waals surface area contributed by atoms with Crippen molar-refractivity contribution in [2.45, 2.75) is 25.3 Å². The second kappa shape index (κ2) is 2.45. The lowest BCUT2D eigenvalue weighted by Gasteiger charge is -2.25. The van der Waals surface area contributed by atoms with Crippen molar-refractivity contribution < 1.29 is 0 Å². The Kier molecular flexibility index (Phi) is 1.46. The number of nitrogens with one attached hydrogen (secondary N) is 1. The lowest BCUT2D eigenvalue weighted by atomic mass is 10.0. The first-order chi connectivity index (χ1) is 4.97. The Hall–Kier alpha value is -0.790. The highest BCUT2D eigenvalue weighted by Crippen LogP contribution is 2.17. The Morgan fingerprint density at radius 1 is 1.60 bits per heavy atom. The molecule has 2 aliphatic heterocycles. The molecule has 0 aromatic rings. The van der Waals surface area contributed by atoms with Crippen LogP contribution in [0.5, 0.6) is 0 Å². The molecule has 2 rings (SSSR count). The van der Waals surface area contributed by atoms with E-state index in [9.17, 15) is 0 Å².